The first-order valence-electron chi connectivity index (χ1n) is 10.6. The highest BCUT2D eigenvalue weighted by atomic mass is 19.1. The Morgan fingerprint density at radius 2 is 2.10 bits per heavy atom. The van der Waals surface area contributed by atoms with Crippen LogP contribution in [0, 0.1) is 5.82 Å². The molecule has 2 saturated heterocycles. The summed E-state index contributed by atoms with van der Waals surface area (Å²) in [6.07, 6.45) is 1.85. The minimum atomic E-state index is -0.389. The fourth-order valence-corrected chi connectivity index (χ4v) is 4.02. The zero-order valence-corrected chi connectivity index (χ0v) is 17.7. The van der Waals surface area contributed by atoms with Gasteiger partial charge < -0.3 is 28.5 Å². The molecule has 3 heterocycles. The SMILES string of the molecule is COCC(=O)N(Cc1c(-c2ccccc2F)noc1N1CCOCC1)C[C@@H]1CCCO1. The van der Waals surface area contributed by atoms with Crippen LogP contribution in [0.1, 0.15) is 18.4 Å². The van der Waals surface area contributed by atoms with E-state index < -0.39 is 0 Å². The van der Waals surface area contributed by atoms with Gasteiger partial charge in [0.25, 0.3) is 0 Å². The Labute approximate surface area is 180 Å². The predicted molar refractivity (Wildman–Crippen MR) is 111 cm³/mol. The Kier molecular flexibility index (Phi) is 7.16. The molecule has 2 aromatic rings. The zero-order chi connectivity index (χ0) is 21.6. The lowest BCUT2D eigenvalue weighted by Gasteiger charge is -2.29. The number of methoxy groups -OCH3 is 1. The summed E-state index contributed by atoms with van der Waals surface area (Å²) in [6.45, 7) is 3.72. The summed E-state index contributed by atoms with van der Waals surface area (Å²) in [5, 5.41) is 4.21. The van der Waals surface area contributed by atoms with E-state index in [4.69, 9.17) is 18.7 Å². The summed E-state index contributed by atoms with van der Waals surface area (Å²) in [5.41, 5.74) is 1.42. The van der Waals surface area contributed by atoms with Crippen molar-refractivity contribution in [2.45, 2.75) is 25.5 Å². The molecule has 0 radical (unpaired) electrons. The summed E-state index contributed by atoms with van der Waals surface area (Å²) in [7, 11) is 1.49. The Hall–Kier alpha value is -2.49. The molecule has 8 nitrogen and oxygen atoms in total. The summed E-state index contributed by atoms with van der Waals surface area (Å²) in [4.78, 5) is 16.6. The van der Waals surface area contributed by atoms with Crippen molar-refractivity contribution >= 4 is 11.8 Å². The van der Waals surface area contributed by atoms with Gasteiger partial charge in [-0.05, 0) is 25.0 Å². The first kappa shape index (κ1) is 21.7. The lowest BCUT2D eigenvalue weighted by Crippen LogP contribution is -2.40. The second-order valence-electron chi connectivity index (χ2n) is 7.74. The van der Waals surface area contributed by atoms with Gasteiger partial charge >= 0.3 is 0 Å². The third-order valence-electron chi connectivity index (χ3n) is 5.61. The molecule has 0 spiro atoms. The van der Waals surface area contributed by atoms with Crippen molar-refractivity contribution in [2.75, 3.05) is 58.1 Å². The molecule has 0 bridgehead atoms. The smallest absolute Gasteiger partial charge is 0.248 e. The van der Waals surface area contributed by atoms with E-state index in [2.05, 4.69) is 5.16 Å². The quantitative estimate of drug-likeness (QED) is 0.633. The number of carbonyl (C=O) groups is 1. The second kappa shape index (κ2) is 10.2. The van der Waals surface area contributed by atoms with E-state index in [-0.39, 0.29) is 31.0 Å². The molecule has 4 rings (SSSR count). The van der Waals surface area contributed by atoms with Gasteiger partial charge in [-0.15, -0.1) is 0 Å². The third-order valence-corrected chi connectivity index (χ3v) is 5.61. The predicted octanol–water partition coefficient (Wildman–Crippen LogP) is 2.47. The Morgan fingerprint density at radius 1 is 1.29 bits per heavy atom. The number of ether oxygens (including phenoxy) is 3. The van der Waals surface area contributed by atoms with E-state index in [0.29, 0.717) is 62.2 Å². The summed E-state index contributed by atoms with van der Waals surface area (Å²) in [5.74, 6) is -0.00445. The van der Waals surface area contributed by atoms with E-state index in [1.54, 1.807) is 23.1 Å². The van der Waals surface area contributed by atoms with Gasteiger partial charge in [-0.25, -0.2) is 4.39 Å². The van der Waals surface area contributed by atoms with Crippen LogP contribution in [-0.4, -0.2) is 75.2 Å². The molecule has 31 heavy (non-hydrogen) atoms. The van der Waals surface area contributed by atoms with Gasteiger partial charge in [0, 0.05) is 38.9 Å². The van der Waals surface area contributed by atoms with Gasteiger partial charge in [0.15, 0.2) is 0 Å². The minimum absolute atomic E-state index is 0.0237. The summed E-state index contributed by atoms with van der Waals surface area (Å²) in [6, 6.07) is 6.45. The molecule has 168 valence electrons. The lowest BCUT2D eigenvalue weighted by molar-refractivity contribution is -0.137. The number of hydrogen-bond donors (Lipinski definition) is 0. The van der Waals surface area contributed by atoms with Crippen LogP contribution in [0.5, 0.6) is 0 Å². The number of rotatable bonds is 8. The van der Waals surface area contributed by atoms with Crippen LogP contribution in [0.2, 0.25) is 0 Å². The maximum absolute atomic E-state index is 14.6. The highest BCUT2D eigenvalue weighted by Gasteiger charge is 2.30. The van der Waals surface area contributed by atoms with Crippen molar-refractivity contribution in [3.63, 3.8) is 0 Å². The molecule has 2 fully saturated rings. The van der Waals surface area contributed by atoms with E-state index in [1.165, 1.54) is 13.2 Å². The van der Waals surface area contributed by atoms with Crippen molar-refractivity contribution in [1.29, 1.82) is 0 Å². The molecule has 1 amide bonds. The second-order valence-corrected chi connectivity index (χ2v) is 7.74. The molecule has 1 aromatic heterocycles. The normalized spacial score (nSPS) is 19.0. The number of aromatic nitrogens is 1. The molecule has 0 aliphatic carbocycles. The van der Waals surface area contributed by atoms with Gasteiger partial charge in [-0.1, -0.05) is 17.3 Å². The number of morpholine rings is 1. The van der Waals surface area contributed by atoms with Gasteiger partial charge in [0.2, 0.25) is 11.8 Å². The van der Waals surface area contributed by atoms with E-state index in [9.17, 15) is 9.18 Å². The molecule has 2 aliphatic heterocycles. The van der Waals surface area contributed by atoms with Crippen molar-refractivity contribution in [3.8, 4) is 11.3 Å². The van der Waals surface area contributed by atoms with Gasteiger partial charge in [-0.2, -0.15) is 0 Å². The van der Waals surface area contributed by atoms with E-state index in [0.717, 1.165) is 12.8 Å². The van der Waals surface area contributed by atoms with Crippen LogP contribution >= 0.6 is 0 Å². The fourth-order valence-electron chi connectivity index (χ4n) is 4.02. The standard InChI is InChI=1S/C22H28FN3O5/c1-28-15-20(27)26(13-16-5-4-10-30-16)14-18-21(17-6-2-3-7-19(17)23)24-31-22(18)25-8-11-29-12-9-25/h2-3,6-7,16H,4-5,8-15H2,1H3/t16-/m0/s1. The zero-order valence-electron chi connectivity index (χ0n) is 17.7. The molecule has 2 aliphatic rings. The molecule has 0 N–H and O–H groups in total. The highest BCUT2D eigenvalue weighted by Crippen LogP contribution is 2.34. The van der Waals surface area contributed by atoms with Crippen LogP contribution in [0.3, 0.4) is 0 Å². The third kappa shape index (κ3) is 5.06. The molecular formula is C22H28FN3O5. The Morgan fingerprint density at radius 3 is 2.81 bits per heavy atom. The molecular weight excluding hydrogens is 405 g/mol. The number of nitrogens with zero attached hydrogens (tertiary/aromatic N) is 3. The number of hydrogen-bond acceptors (Lipinski definition) is 7. The van der Waals surface area contributed by atoms with Crippen molar-refractivity contribution in [3.05, 3.63) is 35.6 Å². The number of halogens is 1. The van der Waals surface area contributed by atoms with E-state index in [1.807, 2.05) is 4.90 Å². The molecule has 0 saturated carbocycles. The minimum Gasteiger partial charge on any atom is -0.378 e. The highest BCUT2D eigenvalue weighted by molar-refractivity contribution is 5.78. The monoisotopic (exact) mass is 433 g/mol. The average Bonchev–Trinajstić information content (AvgIpc) is 3.44. The van der Waals surface area contributed by atoms with Crippen LogP contribution in [0.15, 0.2) is 28.8 Å². The van der Waals surface area contributed by atoms with Crippen LogP contribution < -0.4 is 4.90 Å². The number of benzene rings is 1. The van der Waals surface area contributed by atoms with Crippen molar-refractivity contribution in [1.82, 2.24) is 10.1 Å². The number of anilines is 1. The first-order valence-corrected chi connectivity index (χ1v) is 10.6. The van der Waals surface area contributed by atoms with Gasteiger partial charge in [-0.3, -0.25) is 4.79 Å². The fraction of sp³-hybridized carbons (Fsp3) is 0.545. The first-order chi connectivity index (χ1) is 15.2. The number of carbonyl (C=O) groups excluding carboxylic acids is 1. The van der Waals surface area contributed by atoms with Crippen LogP contribution in [0.25, 0.3) is 11.3 Å². The summed E-state index contributed by atoms with van der Waals surface area (Å²) < 4.78 is 36.6. The van der Waals surface area contributed by atoms with Crippen LogP contribution in [-0.2, 0) is 25.5 Å². The number of amides is 1. The average molecular weight is 433 g/mol. The molecule has 1 atom stereocenters. The summed E-state index contributed by atoms with van der Waals surface area (Å²) >= 11 is 0. The molecule has 1 aromatic carbocycles. The lowest BCUT2D eigenvalue weighted by atomic mass is 10.1. The Balaban J connectivity index is 1.69. The molecule has 9 heteroatoms. The molecule has 0 unspecified atom stereocenters. The van der Waals surface area contributed by atoms with E-state index >= 15 is 0 Å². The van der Waals surface area contributed by atoms with Crippen molar-refractivity contribution < 1.29 is 27.9 Å². The Bertz CT molecular complexity index is 878. The van der Waals surface area contributed by atoms with Gasteiger partial charge in [0.05, 0.1) is 31.4 Å². The largest absolute Gasteiger partial charge is 0.378 e. The van der Waals surface area contributed by atoms with Crippen molar-refractivity contribution in [2.24, 2.45) is 0 Å². The maximum atomic E-state index is 14.6. The van der Waals surface area contributed by atoms with Gasteiger partial charge in [0.1, 0.15) is 18.1 Å². The topological polar surface area (TPSA) is 77.3 Å². The van der Waals surface area contributed by atoms with Crippen LogP contribution in [0.4, 0.5) is 10.3 Å². The maximum Gasteiger partial charge on any atom is 0.248 e.